The minimum atomic E-state index is -0.211. The summed E-state index contributed by atoms with van der Waals surface area (Å²) in [5.41, 5.74) is 1.88. The molecule has 1 aliphatic rings. The first kappa shape index (κ1) is 18.3. The maximum absolute atomic E-state index is 12.7. The highest BCUT2D eigenvalue weighted by atomic mass is 32.1. The van der Waals surface area contributed by atoms with E-state index in [0.29, 0.717) is 30.6 Å². The SMILES string of the molecule is CCN(CC1COc2ccccc2O1)C(=O)Nc1nc(-c2ccccc2)cs1. The van der Waals surface area contributed by atoms with Crippen LogP contribution >= 0.6 is 11.3 Å². The Hall–Kier alpha value is -3.06. The fourth-order valence-electron chi connectivity index (χ4n) is 3.00. The Balaban J connectivity index is 1.38. The van der Waals surface area contributed by atoms with Gasteiger partial charge in [-0.05, 0) is 19.1 Å². The molecule has 4 rings (SSSR count). The second-order valence-electron chi connectivity index (χ2n) is 6.37. The highest BCUT2D eigenvalue weighted by Crippen LogP contribution is 2.31. The zero-order valence-corrected chi connectivity index (χ0v) is 16.3. The molecule has 1 unspecified atom stereocenters. The predicted molar refractivity (Wildman–Crippen MR) is 110 cm³/mol. The minimum absolute atomic E-state index is 0.195. The molecule has 0 saturated heterocycles. The zero-order chi connectivity index (χ0) is 19.3. The molecule has 2 heterocycles. The van der Waals surface area contributed by atoms with Gasteiger partial charge < -0.3 is 14.4 Å². The number of anilines is 1. The van der Waals surface area contributed by atoms with Gasteiger partial charge in [-0.1, -0.05) is 42.5 Å². The smallest absolute Gasteiger partial charge is 0.323 e. The van der Waals surface area contributed by atoms with E-state index in [-0.39, 0.29) is 12.1 Å². The molecule has 1 aliphatic heterocycles. The second-order valence-corrected chi connectivity index (χ2v) is 7.23. The second kappa shape index (κ2) is 8.31. The number of rotatable bonds is 5. The van der Waals surface area contributed by atoms with E-state index in [1.807, 2.05) is 66.9 Å². The van der Waals surface area contributed by atoms with Crippen molar-refractivity contribution in [2.24, 2.45) is 0 Å². The van der Waals surface area contributed by atoms with Gasteiger partial charge in [-0.15, -0.1) is 11.3 Å². The van der Waals surface area contributed by atoms with E-state index >= 15 is 0 Å². The standard InChI is InChI=1S/C21H21N3O3S/c1-2-24(12-16-13-26-18-10-6-7-11-19(18)27-16)21(25)23-20-22-17(14-28-20)15-8-4-3-5-9-15/h3-11,14,16H,2,12-13H2,1H3,(H,22,23,25). The molecule has 28 heavy (non-hydrogen) atoms. The van der Waals surface area contributed by atoms with Gasteiger partial charge >= 0.3 is 6.03 Å². The molecule has 1 aromatic heterocycles. The number of nitrogens with zero attached hydrogens (tertiary/aromatic N) is 2. The van der Waals surface area contributed by atoms with Gasteiger partial charge in [0.2, 0.25) is 0 Å². The van der Waals surface area contributed by atoms with Crippen LogP contribution in [0.15, 0.2) is 60.0 Å². The number of likely N-dealkylation sites (N-methyl/N-ethyl adjacent to an activating group) is 1. The largest absolute Gasteiger partial charge is 0.486 e. The van der Waals surface area contributed by atoms with Crippen LogP contribution in [-0.4, -0.2) is 41.7 Å². The fourth-order valence-corrected chi connectivity index (χ4v) is 3.71. The van der Waals surface area contributed by atoms with Crippen LogP contribution < -0.4 is 14.8 Å². The monoisotopic (exact) mass is 395 g/mol. The fraction of sp³-hybridized carbons (Fsp3) is 0.238. The van der Waals surface area contributed by atoms with Crippen molar-refractivity contribution in [3.05, 3.63) is 60.0 Å². The van der Waals surface area contributed by atoms with Gasteiger partial charge in [0.15, 0.2) is 22.7 Å². The van der Waals surface area contributed by atoms with E-state index in [1.54, 1.807) is 4.90 Å². The van der Waals surface area contributed by atoms with E-state index in [2.05, 4.69) is 10.3 Å². The summed E-state index contributed by atoms with van der Waals surface area (Å²) in [7, 11) is 0. The number of ether oxygens (including phenoxy) is 2. The van der Waals surface area contributed by atoms with Crippen LogP contribution in [0.4, 0.5) is 9.93 Å². The van der Waals surface area contributed by atoms with Gasteiger partial charge in [-0.3, -0.25) is 5.32 Å². The molecule has 0 bridgehead atoms. The summed E-state index contributed by atoms with van der Waals surface area (Å²) in [5.74, 6) is 1.45. The molecule has 2 aromatic carbocycles. The lowest BCUT2D eigenvalue weighted by molar-refractivity contribution is 0.0693. The van der Waals surface area contributed by atoms with Gasteiger partial charge in [0.1, 0.15) is 6.61 Å². The van der Waals surface area contributed by atoms with Crippen molar-refractivity contribution >= 4 is 22.5 Å². The average molecular weight is 395 g/mol. The summed E-state index contributed by atoms with van der Waals surface area (Å²) < 4.78 is 11.7. The van der Waals surface area contributed by atoms with Gasteiger partial charge in [0, 0.05) is 17.5 Å². The van der Waals surface area contributed by atoms with Crippen LogP contribution in [0, 0.1) is 0 Å². The van der Waals surface area contributed by atoms with Crippen LogP contribution in [0.2, 0.25) is 0 Å². The summed E-state index contributed by atoms with van der Waals surface area (Å²) in [5, 5.41) is 5.41. The van der Waals surface area contributed by atoms with Gasteiger partial charge in [0.25, 0.3) is 0 Å². The van der Waals surface area contributed by atoms with Crippen LogP contribution in [0.3, 0.4) is 0 Å². The van der Waals surface area contributed by atoms with Crippen LogP contribution in [0.1, 0.15) is 6.92 Å². The lowest BCUT2D eigenvalue weighted by atomic mass is 10.2. The van der Waals surface area contributed by atoms with E-state index < -0.39 is 0 Å². The van der Waals surface area contributed by atoms with Crippen molar-refractivity contribution in [1.82, 2.24) is 9.88 Å². The van der Waals surface area contributed by atoms with Gasteiger partial charge in [0.05, 0.1) is 12.2 Å². The Labute approximate surface area is 167 Å². The quantitative estimate of drug-likeness (QED) is 0.691. The highest BCUT2D eigenvalue weighted by molar-refractivity contribution is 7.14. The molecule has 0 spiro atoms. The van der Waals surface area contributed by atoms with Crippen molar-refractivity contribution in [1.29, 1.82) is 0 Å². The van der Waals surface area contributed by atoms with Crippen molar-refractivity contribution in [3.8, 4) is 22.8 Å². The summed E-state index contributed by atoms with van der Waals surface area (Å²) >= 11 is 1.41. The molecule has 0 aliphatic carbocycles. The number of amides is 2. The maximum atomic E-state index is 12.7. The average Bonchev–Trinajstić information content (AvgIpc) is 3.21. The molecule has 0 fully saturated rings. The highest BCUT2D eigenvalue weighted by Gasteiger charge is 2.25. The zero-order valence-electron chi connectivity index (χ0n) is 15.5. The molecule has 3 aromatic rings. The number of hydrogen-bond acceptors (Lipinski definition) is 5. The van der Waals surface area contributed by atoms with E-state index in [9.17, 15) is 4.79 Å². The Morgan fingerprint density at radius 2 is 1.93 bits per heavy atom. The van der Waals surface area contributed by atoms with Gasteiger partial charge in [-0.25, -0.2) is 9.78 Å². The number of urea groups is 1. The van der Waals surface area contributed by atoms with Crippen molar-refractivity contribution < 1.29 is 14.3 Å². The molecule has 6 nitrogen and oxygen atoms in total. The van der Waals surface area contributed by atoms with Crippen molar-refractivity contribution in [2.75, 3.05) is 25.0 Å². The first-order valence-electron chi connectivity index (χ1n) is 9.18. The van der Waals surface area contributed by atoms with Crippen LogP contribution in [0.5, 0.6) is 11.5 Å². The number of benzene rings is 2. The number of aromatic nitrogens is 1. The first-order chi connectivity index (χ1) is 13.7. The van der Waals surface area contributed by atoms with Crippen LogP contribution in [0.25, 0.3) is 11.3 Å². The summed E-state index contributed by atoms with van der Waals surface area (Å²) in [6, 6.07) is 17.3. The molecule has 2 amide bonds. The molecule has 7 heteroatoms. The van der Waals surface area contributed by atoms with E-state index in [0.717, 1.165) is 17.0 Å². The molecular formula is C21H21N3O3S. The molecular weight excluding hydrogens is 374 g/mol. The third kappa shape index (κ3) is 4.09. The van der Waals surface area contributed by atoms with Crippen molar-refractivity contribution in [3.63, 3.8) is 0 Å². The van der Waals surface area contributed by atoms with E-state index in [1.165, 1.54) is 11.3 Å². The molecule has 1 atom stereocenters. The Morgan fingerprint density at radius 1 is 1.18 bits per heavy atom. The number of para-hydroxylation sites is 2. The normalized spacial score (nSPS) is 15.1. The van der Waals surface area contributed by atoms with Crippen molar-refractivity contribution in [2.45, 2.75) is 13.0 Å². The third-order valence-corrected chi connectivity index (χ3v) is 5.21. The Kier molecular flexibility index (Phi) is 5.43. The maximum Gasteiger partial charge on any atom is 0.323 e. The number of carbonyl (C=O) groups is 1. The van der Waals surface area contributed by atoms with E-state index in [4.69, 9.17) is 9.47 Å². The number of thiazole rings is 1. The number of carbonyl (C=O) groups excluding carboxylic acids is 1. The predicted octanol–water partition coefficient (Wildman–Crippen LogP) is 4.50. The molecule has 0 saturated carbocycles. The number of fused-ring (bicyclic) bond motifs is 1. The Bertz CT molecular complexity index is 945. The number of nitrogens with one attached hydrogen (secondary N) is 1. The lowest BCUT2D eigenvalue weighted by Gasteiger charge is -2.30. The summed E-state index contributed by atoms with van der Waals surface area (Å²) in [4.78, 5) is 18.9. The third-order valence-electron chi connectivity index (χ3n) is 4.45. The lowest BCUT2D eigenvalue weighted by Crippen LogP contribution is -2.45. The summed E-state index contributed by atoms with van der Waals surface area (Å²) in [6.45, 7) is 3.35. The molecule has 144 valence electrons. The molecule has 0 radical (unpaired) electrons. The van der Waals surface area contributed by atoms with Crippen LogP contribution in [-0.2, 0) is 0 Å². The topological polar surface area (TPSA) is 63.7 Å². The van der Waals surface area contributed by atoms with Gasteiger partial charge in [-0.2, -0.15) is 0 Å². The minimum Gasteiger partial charge on any atom is -0.486 e. The molecule has 1 N–H and O–H groups in total. The first-order valence-corrected chi connectivity index (χ1v) is 10.1. The number of hydrogen-bond donors (Lipinski definition) is 1. The summed E-state index contributed by atoms with van der Waals surface area (Å²) in [6.07, 6.45) is -0.211. The Morgan fingerprint density at radius 3 is 2.71 bits per heavy atom.